The Bertz CT molecular complexity index is 463. The van der Waals surface area contributed by atoms with Gasteiger partial charge in [0, 0.05) is 25.1 Å². The van der Waals surface area contributed by atoms with Crippen LogP contribution in [0.5, 0.6) is 0 Å². The standard InChI is InChI=1S/C11H13N3O5/c1-14(8-2-4-12-5-3-8)11(18)13-9(15)6-19-7-10(16)17/h2-5H,6-7H2,1H3,(H,16,17)(H,13,15,18). The van der Waals surface area contributed by atoms with E-state index in [1.165, 1.54) is 24.3 Å². The van der Waals surface area contributed by atoms with Crippen LogP contribution >= 0.6 is 0 Å². The van der Waals surface area contributed by atoms with Crippen molar-refractivity contribution in [1.29, 1.82) is 0 Å². The van der Waals surface area contributed by atoms with E-state index < -0.39 is 31.1 Å². The molecule has 0 saturated heterocycles. The second kappa shape index (κ2) is 7.07. The number of amides is 3. The molecule has 0 saturated carbocycles. The first-order chi connectivity index (χ1) is 9.00. The number of pyridine rings is 1. The van der Waals surface area contributed by atoms with E-state index in [-0.39, 0.29) is 0 Å². The van der Waals surface area contributed by atoms with E-state index in [1.54, 1.807) is 12.1 Å². The van der Waals surface area contributed by atoms with Gasteiger partial charge in [-0.2, -0.15) is 0 Å². The first kappa shape index (κ1) is 14.6. The van der Waals surface area contributed by atoms with Gasteiger partial charge < -0.3 is 9.84 Å². The number of aliphatic carboxylic acids is 1. The van der Waals surface area contributed by atoms with E-state index in [0.29, 0.717) is 5.69 Å². The largest absolute Gasteiger partial charge is 0.480 e. The molecule has 1 aromatic rings. The lowest BCUT2D eigenvalue weighted by Crippen LogP contribution is -2.42. The number of carbonyl (C=O) groups is 3. The molecule has 0 radical (unpaired) electrons. The Labute approximate surface area is 109 Å². The molecule has 0 bridgehead atoms. The number of carboxylic acids is 1. The van der Waals surface area contributed by atoms with Crippen LogP contribution in [0.25, 0.3) is 0 Å². The number of nitrogens with zero attached hydrogens (tertiary/aromatic N) is 2. The molecule has 0 fully saturated rings. The number of hydrogen-bond acceptors (Lipinski definition) is 5. The molecule has 1 aromatic heterocycles. The van der Waals surface area contributed by atoms with Crippen molar-refractivity contribution in [3.63, 3.8) is 0 Å². The number of urea groups is 1. The number of aromatic nitrogens is 1. The van der Waals surface area contributed by atoms with Crippen LogP contribution in [0.2, 0.25) is 0 Å². The van der Waals surface area contributed by atoms with Gasteiger partial charge in [0.15, 0.2) is 0 Å². The summed E-state index contributed by atoms with van der Waals surface area (Å²) in [6.45, 7) is -1.09. The van der Waals surface area contributed by atoms with Gasteiger partial charge in [-0.1, -0.05) is 0 Å². The number of rotatable bonds is 5. The molecule has 0 aliphatic carbocycles. The molecule has 19 heavy (non-hydrogen) atoms. The lowest BCUT2D eigenvalue weighted by molar-refractivity contribution is -0.143. The van der Waals surface area contributed by atoms with Crippen LogP contribution in [-0.2, 0) is 14.3 Å². The van der Waals surface area contributed by atoms with Gasteiger partial charge >= 0.3 is 12.0 Å². The zero-order valence-electron chi connectivity index (χ0n) is 10.2. The van der Waals surface area contributed by atoms with Crippen molar-refractivity contribution in [3.05, 3.63) is 24.5 Å². The van der Waals surface area contributed by atoms with Gasteiger partial charge in [0.1, 0.15) is 13.2 Å². The molecule has 0 aliphatic heterocycles. The van der Waals surface area contributed by atoms with E-state index in [0.717, 1.165) is 0 Å². The Balaban J connectivity index is 2.42. The molecular weight excluding hydrogens is 254 g/mol. The van der Waals surface area contributed by atoms with Crippen LogP contribution in [0.1, 0.15) is 0 Å². The first-order valence-electron chi connectivity index (χ1n) is 5.28. The fraction of sp³-hybridized carbons (Fsp3) is 0.273. The highest BCUT2D eigenvalue weighted by Gasteiger charge is 2.14. The average molecular weight is 267 g/mol. The van der Waals surface area contributed by atoms with Gasteiger partial charge in [-0.05, 0) is 12.1 Å². The highest BCUT2D eigenvalue weighted by atomic mass is 16.5. The maximum Gasteiger partial charge on any atom is 0.329 e. The van der Waals surface area contributed by atoms with Crippen molar-refractivity contribution in [2.45, 2.75) is 0 Å². The molecule has 8 heteroatoms. The summed E-state index contributed by atoms with van der Waals surface area (Å²) in [5, 5.41) is 10.4. The van der Waals surface area contributed by atoms with Crippen LogP contribution in [0.3, 0.4) is 0 Å². The monoisotopic (exact) mass is 267 g/mol. The molecule has 1 heterocycles. The molecule has 0 aliphatic rings. The Morgan fingerprint density at radius 1 is 1.32 bits per heavy atom. The summed E-state index contributed by atoms with van der Waals surface area (Å²) in [5.41, 5.74) is 0.562. The number of ether oxygens (including phenoxy) is 1. The Hall–Kier alpha value is -2.48. The summed E-state index contributed by atoms with van der Waals surface area (Å²) < 4.78 is 4.55. The third kappa shape index (κ3) is 5.13. The molecule has 3 amide bonds. The van der Waals surface area contributed by atoms with E-state index in [4.69, 9.17) is 5.11 Å². The molecule has 0 unspecified atom stereocenters. The van der Waals surface area contributed by atoms with Crippen LogP contribution in [0.15, 0.2) is 24.5 Å². The summed E-state index contributed by atoms with van der Waals surface area (Å²) >= 11 is 0. The van der Waals surface area contributed by atoms with Crippen LogP contribution in [0, 0.1) is 0 Å². The van der Waals surface area contributed by atoms with Crippen molar-refractivity contribution in [1.82, 2.24) is 10.3 Å². The molecule has 1 rings (SSSR count). The minimum absolute atomic E-state index is 0.498. The third-order valence-corrected chi connectivity index (χ3v) is 2.06. The number of anilines is 1. The molecule has 8 nitrogen and oxygen atoms in total. The minimum atomic E-state index is -1.19. The molecule has 0 atom stereocenters. The molecule has 0 spiro atoms. The predicted octanol–water partition coefficient (Wildman–Crippen LogP) is -0.145. The Morgan fingerprint density at radius 2 is 1.95 bits per heavy atom. The molecule has 0 aromatic carbocycles. The number of carboxylic acid groups (broad SMARTS) is 1. The van der Waals surface area contributed by atoms with Gasteiger partial charge in [-0.15, -0.1) is 0 Å². The third-order valence-electron chi connectivity index (χ3n) is 2.06. The summed E-state index contributed by atoms with van der Waals surface area (Å²) in [6, 6.07) is 2.56. The summed E-state index contributed by atoms with van der Waals surface area (Å²) in [4.78, 5) is 38.1. The number of imide groups is 1. The van der Waals surface area contributed by atoms with Gasteiger partial charge in [0.2, 0.25) is 0 Å². The topological polar surface area (TPSA) is 109 Å². The summed E-state index contributed by atoms with van der Waals surface area (Å²) in [5.74, 6) is -1.90. The van der Waals surface area contributed by atoms with E-state index in [2.05, 4.69) is 15.0 Å². The van der Waals surface area contributed by atoms with Gasteiger partial charge in [0.25, 0.3) is 5.91 Å². The average Bonchev–Trinajstić information content (AvgIpc) is 2.38. The molecular formula is C11H13N3O5. The van der Waals surface area contributed by atoms with Gasteiger partial charge in [-0.3, -0.25) is 20.0 Å². The van der Waals surface area contributed by atoms with Crippen LogP contribution < -0.4 is 10.2 Å². The molecule has 2 N–H and O–H groups in total. The lowest BCUT2D eigenvalue weighted by atomic mass is 10.4. The van der Waals surface area contributed by atoms with Gasteiger partial charge in [0.05, 0.1) is 0 Å². The summed E-state index contributed by atoms with van der Waals surface area (Å²) in [6.07, 6.45) is 3.02. The SMILES string of the molecule is CN(C(=O)NC(=O)COCC(=O)O)c1ccncc1. The maximum absolute atomic E-state index is 11.7. The Kier molecular flexibility index (Phi) is 5.42. The van der Waals surface area contributed by atoms with Crippen molar-refractivity contribution < 1.29 is 24.2 Å². The van der Waals surface area contributed by atoms with E-state index in [1.807, 2.05) is 0 Å². The fourth-order valence-corrected chi connectivity index (χ4v) is 1.16. The van der Waals surface area contributed by atoms with Gasteiger partial charge in [-0.25, -0.2) is 9.59 Å². The smallest absolute Gasteiger partial charge is 0.329 e. The van der Waals surface area contributed by atoms with Crippen molar-refractivity contribution in [2.24, 2.45) is 0 Å². The highest BCUT2D eigenvalue weighted by molar-refractivity contribution is 6.02. The second-order valence-corrected chi connectivity index (χ2v) is 3.50. The van der Waals surface area contributed by atoms with Crippen molar-refractivity contribution in [2.75, 3.05) is 25.2 Å². The zero-order chi connectivity index (χ0) is 14.3. The van der Waals surface area contributed by atoms with E-state index >= 15 is 0 Å². The van der Waals surface area contributed by atoms with Crippen molar-refractivity contribution >= 4 is 23.6 Å². The quantitative estimate of drug-likeness (QED) is 0.768. The van der Waals surface area contributed by atoms with Crippen LogP contribution in [0.4, 0.5) is 10.5 Å². The second-order valence-electron chi connectivity index (χ2n) is 3.50. The predicted molar refractivity (Wildman–Crippen MR) is 64.6 cm³/mol. The highest BCUT2D eigenvalue weighted by Crippen LogP contribution is 2.09. The number of nitrogens with one attached hydrogen (secondary N) is 1. The fourth-order valence-electron chi connectivity index (χ4n) is 1.16. The summed E-state index contributed by atoms with van der Waals surface area (Å²) in [7, 11) is 1.48. The first-order valence-corrected chi connectivity index (χ1v) is 5.28. The maximum atomic E-state index is 11.7. The van der Waals surface area contributed by atoms with E-state index in [9.17, 15) is 14.4 Å². The number of carbonyl (C=O) groups excluding carboxylic acids is 2. The van der Waals surface area contributed by atoms with Crippen molar-refractivity contribution in [3.8, 4) is 0 Å². The zero-order valence-corrected chi connectivity index (χ0v) is 10.2. The Morgan fingerprint density at radius 3 is 2.53 bits per heavy atom. The lowest BCUT2D eigenvalue weighted by Gasteiger charge is -2.16. The minimum Gasteiger partial charge on any atom is -0.480 e. The normalized spacial score (nSPS) is 9.74. The molecule has 102 valence electrons. The number of hydrogen-bond donors (Lipinski definition) is 2. The van der Waals surface area contributed by atoms with Crippen LogP contribution in [-0.4, -0.2) is 48.3 Å².